The van der Waals surface area contributed by atoms with E-state index in [2.05, 4.69) is 32.7 Å². The summed E-state index contributed by atoms with van der Waals surface area (Å²) in [6.45, 7) is 2.63. The summed E-state index contributed by atoms with van der Waals surface area (Å²) in [6.07, 6.45) is 16.1. The van der Waals surface area contributed by atoms with Crippen molar-refractivity contribution in [3.63, 3.8) is 0 Å². The molecule has 3 aromatic heterocycles. The van der Waals surface area contributed by atoms with Gasteiger partial charge < -0.3 is 10.1 Å². The molecule has 0 radical (unpaired) electrons. The minimum atomic E-state index is -4.10. The molecule has 1 aliphatic heterocycles. The third-order valence-corrected chi connectivity index (χ3v) is 23.8. The molecule has 4 heterocycles. The quantitative estimate of drug-likeness (QED) is 0.0700. The lowest BCUT2D eigenvalue weighted by molar-refractivity contribution is 0.0124. The smallest absolute Gasteiger partial charge is 0.286 e. The maximum atomic E-state index is 13.5. The number of nitrogens with one attached hydrogen (secondary N) is 3. The number of amides is 3. The van der Waals surface area contributed by atoms with Gasteiger partial charge in [-0.05, 0) is 250 Å². The van der Waals surface area contributed by atoms with Gasteiger partial charge in [-0.1, -0.05) is 171 Å². The predicted octanol–water partition coefficient (Wildman–Crippen LogP) is 20.0. The summed E-state index contributed by atoms with van der Waals surface area (Å²) in [6, 6.07) is 52.0. The zero-order valence-corrected chi connectivity index (χ0v) is 68.7. The Morgan fingerprint density at radius 3 is 1.14 bits per heavy atom. The van der Waals surface area contributed by atoms with E-state index < -0.39 is 26.0 Å². The first-order chi connectivity index (χ1) is 54.3. The Kier molecular flexibility index (Phi) is 26.9. The second-order valence-electron chi connectivity index (χ2n) is 27.0. The molecule has 3 amide bonds. The highest BCUT2D eigenvalue weighted by atomic mass is 35.5. The van der Waals surface area contributed by atoms with E-state index >= 15 is 0 Å². The van der Waals surface area contributed by atoms with E-state index in [0.717, 1.165) is 126 Å². The number of nitrogens with zero attached hydrogens (tertiary/aromatic N) is 7. The van der Waals surface area contributed by atoms with Gasteiger partial charge in [0.15, 0.2) is 17.1 Å². The van der Waals surface area contributed by atoms with E-state index in [4.69, 9.17) is 124 Å². The fourth-order valence-corrected chi connectivity index (χ4v) is 17.1. The number of benzene rings is 8. The van der Waals surface area contributed by atoms with Crippen LogP contribution in [0.5, 0.6) is 0 Å². The van der Waals surface area contributed by atoms with Gasteiger partial charge in [-0.2, -0.15) is 15.3 Å². The van der Waals surface area contributed by atoms with Gasteiger partial charge in [0.2, 0.25) is 10.0 Å². The Morgan fingerprint density at radius 1 is 0.416 bits per heavy atom. The van der Waals surface area contributed by atoms with Crippen molar-refractivity contribution in [1.29, 1.82) is 0 Å². The summed E-state index contributed by atoms with van der Waals surface area (Å²) < 4.78 is 61.7. The van der Waals surface area contributed by atoms with Gasteiger partial charge >= 0.3 is 0 Å². The highest BCUT2D eigenvalue weighted by Crippen LogP contribution is 2.42. The van der Waals surface area contributed by atoms with Crippen LogP contribution in [-0.4, -0.2) is 95.2 Å². The van der Waals surface area contributed by atoms with Gasteiger partial charge in [0.1, 0.15) is 0 Å². The van der Waals surface area contributed by atoms with Gasteiger partial charge in [0.05, 0.1) is 72.2 Å². The third-order valence-electron chi connectivity index (χ3n) is 19.2. The number of hydrogen-bond acceptors (Lipinski definition) is 12. The Hall–Kier alpha value is -8.59. The number of ether oxygens (including phenoxy) is 1. The SMILES string of the molecule is NS(=O)(=O)c1ccc(CNC(=O)c2nn(-c3ccc(Cl)cc3Cl)c3c2CCCC/C3=C\c2ccc(Cl)cc2)cc1.O=C(NN1CCOCC1)c1nn(-c2ccc(Cl)cc2Cl)c2c1CCCC/C2=C\c1ccc(Cl)cc1.O=C(NS(=O)(=O)c1ccccc1)c1nn(-c2ccc(Cl)cc2Cl)c2c1CCCC/C2=C\c1ccc(Cl)cc1. The van der Waals surface area contributed by atoms with E-state index in [9.17, 15) is 31.2 Å². The van der Waals surface area contributed by atoms with Gasteiger partial charge in [0, 0.05) is 66.5 Å². The van der Waals surface area contributed by atoms with Crippen LogP contribution in [-0.2, 0) is 50.6 Å². The number of sulfonamides is 2. The van der Waals surface area contributed by atoms with Crippen LogP contribution in [0.3, 0.4) is 0 Å². The number of allylic oxidation sites excluding steroid dienone is 3. The number of carbonyl (C=O) groups excluding carboxylic acids is 3. The summed E-state index contributed by atoms with van der Waals surface area (Å²) in [5.74, 6) is -1.37. The lowest BCUT2D eigenvalue weighted by Crippen LogP contribution is -2.48. The number of halogens is 9. The number of aromatic nitrogens is 6. The monoisotopic (exact) mass is 1730 g/mol. The molecule has 5 N–H and O–H groups in total. The number of nitrogens with two attached hydrogens (primary N) is 1. The summed E-state index contributed by atoms with van der Waals surface area (Å²) >= 11 is 56.6. The summed E-state index contributed by atoms with van der Waals surface area (Å²) in [5, 5.41) is 28.9. The predicted molar refractivity (Wildman–Crippen MR) is 451 cm³/mol. The van der Waals surface area contributed by atoms with E-state index in [1.807, 2.05) is 89.9 Å². The number of morpholine rings is 1. The van der Waals surface area contributed by atoms with Crippen molar-refractivity contribution in [1.82, 2.24) is 49.8 Å². The first-order valence-corrected chi connectivity index (χ1v) is 42.5. The van der Waals surface area contributed by atoms with Crippen molar-refractivity contribution in [2.75, 3.05) is 26.3 Å². The highest BCUT2D eigenvalue weighted by Gasteiger charge is 2.34. The molecule has 0 saturated carbocycles. The summed E-state index contributed by atoms with van der Waals surface area (Å²) in [4.78, 5) is 40.4. The first-order valence-electron chi connectivity index (χ1n) is 36.1. The van der Waals surface area contributed by atoms with Crippen LogP contribution in [0.15, 0.2) is 192 Å². The van der Waals surface area contributed by atoms with Crippen LogP contribution in [0.1, 0.15) is 145 Å². The second kappa shape index (κ2) is 36.9. The van der Waals surface area contributed by atoms with Crippen LogP contribution in [0.25, 0.3) is 52.0 Å². The van der Waals surface area contributed by atoms with E-state index in [0.29, 0.717) is 124 Å². The van der Waals surface area contributed by atoms with E-state index in [-0.39, 0.29) is 33.8 Å². The molecule has 113 heavy (non-hydrogen) atoms. The van der Waals surface area contributed by atoms with Crippen molar-refractivity contribution in [3.8, 4) is 17.1 Å². The zero-order valence-electron chi connectivity index (χ0n) is 60.3. The molecule has 4 aliphatic rings. The Labute approximate surface area is 699 Å². The number of carbonyl (C=O) groups is 3. The molecule has 19 nitrogen and oxygen atoms in total. The van der Waals surface area contributed by atoms with Crippen molar-refractivity contribution >= 4 is 177 Å². The molecule has 1 fully saturated rings. The average molecular weight is 1730 g/mol. The number of hydrogen-bond donors (Lipinski definition) is 4. The van der Waals surface area contributed by atoms with Crippen LogP contribution < -0.4 is 20.6 Å². The molecule has 582 valence electrons. The number of rotatable bonds is 15. The van der Waals surface area contributed by atoms with Gasteiger partial charge in [-0.25, -0.2) is 45.8 Å². The van der Waals surface area contributed by atoms with Gasteiger partial charge in [-0.15, -0.1) is 0 Å². The molecular formula is C83H72Cl9N11O8S2. The molecule has 11 aromatic rings. The maximum Gasteiger partial charge on any atom is 0.286 e. The minimum Gasteiger partial charge on any atom is -0.379 e. The van der Waals surface area contributed by atoms with Gasteiger partial charge in [0.25, 0.3) is 27.7 Å². The second-order valence-corrected chi connectivity index (χ2v) is 34.1. The Balaban J connectivity index is 0.000000148. The molecule has 3 aliphatic carbocycles. The lowest BCUT2D eigenvalue weighted by Gasteiger charge is -2.26. The van der Waals surface area contributed by atoms with Crippen LogP contribution in [0, 0.1) is 0 Å². The van der Waals surface area contributed by atoms with E-state index in [1.165, 1.54) is 24.3 Å². The number of fused-ring (bicyclic) bond motifs is 3. The first kappa shape index (κ1) is 82.4. The number of hydrazine groups is 1. The molecular weight excluding hydrogens is 1660 g/mol. The van der Waals surface area contributed by atoms with Crippen molar-refractivity contribution in [2.45, 2.75) is 93.4 Å². The highest BCUT2D eigenvalue weighted by molar-refractivity contribution is 7.90. The van der Waals surface area contributed by atoms with Crippen LogP contribution >= 0.6 is 104 Å². The summed E-state index contributed by atoms with van der Waals surface area (Å²) in [5.41, 5.74) is 17.2. The molecule has 1 saturated heterocycles. The topological polar surface area (TPSA) is 248 Å². The number of primary sulfonamides is 1. The van der Waals surface area contributed by atoms with Crippen LogP contribution in [0.4, 0.5) is 0 Å². The third kappa shape index (κ3) is 20.2. The molecule has 0 spiro atoms. The summed E-state index contributed by atoms with van der Waals surface area (Å²) in [7, 11) is -7.90. The molecule has 30 heteroatoms. The normalized spacial score (nSPS) is 15.6. The average Bonchev–Trinajstić information content (AvgIpc) is 1.62. The van der Waals surface area contributed by atoms with E-state index in [1.54, 1.807) is 92.9 Å². The minimum absolute atomic E-state index is 0.00601. The Bertz CT molecular complexity index is 5740. The zero-order chi connectivity index (χ0) is 79.7. The van der Waals surface area contributed by atoms with Crippen LogP contribution in [0.2, 0.25) is 45.2 Å². The maximum absolute atomic E-state index is 13.5. The largest absolute Gasteiger partial charge is 0.379 e. The fraction of sp³-hybridized carbons (Fsp3) is 0.205. The van der Waals surface area contributed by atoms with Gasteiger partial charge in [-0.3, -0.25) is 19.8 Å². The molecule has 15 rings (SSSR count). The lowest BCUT2D eigenvalue weighted by atomic mass is 10.0. The molecule has 8 aromatic carbocycles. The van der Waals surface area contributed by atoms with Crippen molar-refractivity contribution in [3.05, 3.63) is 300 Å². The molecule has 0 atom stereocenters. The molecule has 0 bridgehead atoms. The van der Waals surface area contributed by atoms with Crippen molar-refractivity contribution < 1.29 is 36.0 Å². The standard InChI is InChI=1S/C29H25Cl3N4O3S.C28H22Cl3N3O3S.C26H25Cl3N4O2/c30-21-9-5-18(6-10-21)15-20-3-1-2-4-24-27(35-36(28(20)24)26-14-11-22(31)16-25(26)32)29(37)34-17-19-7-12-23(13-8-19)40(33,38)39;29-20-12-10-18(11-13-20)16-19-6-4-5-9-23-26(28(35)33-38(36,37)22-7-2-1-3-8-22)32-34(27(19)23)25-15-14-21(30)17-24(25)31;27-19-7-5-17(6-8-19)15-18-3-1-2-4-21-24(26(34)31-32-11-13-35-14-12-32)30-33(25(18)21)23-10-9-20(28)16-22(23)29/h5-16H,1-4,17H2,(H,34,37)(H2,33,38,39);1-3,7-8,10-17H,4-6,9H2,(H,33,35);5-10,15-16H,1-4,11-14H2,(H,31,34)/b20-15+;19-16+;18-15+. The van der Waals surface area contributed by atoms with Crippen molar-refractivity contribution in [2.24, 2.45) is 5.14 Å². The Morgan fingerprint density at radius 2 is 0.770 bits per heavy atom. The molecule has 0 unspecified atom stereocenters. The fourth-order valence-electron chi connectivity index (χ4n) is 13.8.